The first-order valence-corrected chi connectivity index (χ1v) is 17.0. The van der Waals surface area contributed by atoms with Gasteiger partial charge in [-0.2, -0.15) is 0 Å². The summed E-state index contributed by atoms with van der Waals surface area (Å²) in [4.78, 5) is 50.0. The molecule has 1 spiro atoms. The van der Waals surface area contributed by atoms with Crippen LogP contribution >= 0.6 is 0 Å². The normalized spacial score (nSPS) is 28.9. The van der Waals surface area contributed by atoms with Crippen LogP contribution in [0.25, 0.3) is 0 Å². The van der Waals surface area contributed by atoms with Crippen molar-refractivity contribution in [3.05, 3.63) is 90.5 Å². The fourth-order valence-electron chi connectivity index (χ4n) is 8.49. The second kappa shape index (κ2) is 13.4. The lowest BCUT2D eigenvalue weighted by molar-refractivity contribution is -0.155. The molecule has 2 aromatic carbocycles. The van der Waals surface area contributed by atoms with Crippen LogP contribution in [0.2, 0.25) is 0 Å². The standard InChI is InChI=1S/C39H51N3O5/c1-9-19-40(23-29-15-13-12-14-16-29)35(44)32-33-36(45)42(31(24-43)26(5)11-3)34(39(33)22-28(7)38(32,8)47-39)37(46)41(20-10-2)30-21-25(4)17-18-27(30)6/h9-10,12-18,21,26,28,31-34,43H,1-2,11,19-20,22-24H2,3-8H3/t26-,28?,31-,32+,33-,34?,38-,39?/m0/s1. The Morgan fingerprint density at radius 1 is 1.11 bits per heavy atom. The minimum Gasteiger partial charge on any atom is -0.394 e. The van der Waals surface area contributed by atoms with Gasteiger partial charge in [-0.05, 0) is 61.8 Å². The molecule has 3 amide bonds. The number of nitrogens with zero attached hydrogens (tertiary/aromatic N) is 3. The predicted octanol–water partition coefficient (Wildman–Crippen LogP) is 5.45. The van der Waals surface area contributed by atoms with Gasteiger partial charge in [0.2, 0.25) is 11.8 Å². The number of hydrogen-bond donors (Lipinski definition) is 1. The smallest absolute Gasteiger partial charge is 0.253 e. The maximum atomic E-state index is 15.2. The van der Waals surface area contributed by atoms with E-state index in [9.17, 15) is 9.90 Å². The van der Waals surface area contributed by atoms with Gasteiger partial charge in [0.15, 0.2) is 0 Å². The van der Waals surface area contributed by atoms with Crippen molar-refractivity contribution >= 4 is 23.4 Å². The van der Waals surface area contributed by atoms with Gasteiger partial charge in [-0.3, -0.25) is 14.4 Å². The van der Waals surface area contributed by atoms with E-state index in [4.69, 9.17) is 4.74 Å². The van der Waals surface area contributed by atoms with E-state index in [1.165, 1.54) is 0 Å². The molecule has 5 rings (SSSR count). The van der Waals surface area contributed by atoms with Gasteiger partial charge in [-0.15, -0.1) is 13.2 Å². The van der Waals surface area contributed by atoms with E-state index < -0.39 is 35.1 Å². The molecule has 0 aliphatic carbocycles. The Bertz CT molecular complexity index is 1530. The molecule has 2 bridgehead atoms. The molecule has 0 radical (unpaired) electrons. The number of amides is 3. The van der Waals surface area contributed by atoms with Crippen molar-refractivity contribution in [1.82, 2.24) is 9.80 Å². The highest BCUT2D eigenvalue weighted by Crippen LogP contribution is 2.66. The molecule has 3 heterocycles. The van der Waals surface area contributed by atoms with Crippen LogP contribution in [0.4, 0.5) is 5.69 Å². The Hall–Kier alpha value is -3.75. The van der Waals surface area contributed by atoms with Gasteiger partial charge in [-0.1, -0.05) is 81.8 Å². The summed E-state index contributed by atoms with van der Waals surface area (Å²) in [6, 6.07) is 14.1. The van der Waals surface area contributed by atoms with Gasteiger partial charge >= 0.3 is 0 Å². The van der Waals surface area contributed by atoms with E-state index in [2.05, 4.69) is 20.1 Å². The molecule has 0 saturated carbocycles. The Balaban J connectivity index is 1.66. The highest BCUT2D eigenvalue weighted by Gasteiger charge is 2.80. The van der Waals surface area contributed by atoms with Crippen LogP contribution in [0.3, 0.4) is 0 Å². The van der Waals surface area contributed by atoms with E-state index in [-0.39, 0.29) is 42.7 Å². The molecule has 0 aromatic heterocycles. The highest BCUT2D eigenvalue weighted by atomic mass is 16.5. The fourth-order valence-corrected chi connectivity index (χ4v) is 8.49. The van der Waals surface area contributed by atoms with Gasteiger partial charge < -0.3 is 24.5 Å². The van der Waals surface area contributed by atoms with Crippen LogP contribution in [0.5, 0.6) is 0 Å². The van der Waals surface area contributed by atoms with Gasteiger partial charge in [0.1, 0.15) is 11.6 Å². The van der Waals surface area contributed by atoms with Gasteiger partial charge in [0.25, 0.3) is 5.91 Å². The van der Waals surface area contributed by atoms with Crippen LogP contribution in [0.1, 0.15) is 57.2 Å². The molecule has 47 heavy (non-hydrogen) atoms. The number of aliphatic hydroxyl groups excluding tert-OH is 1. The number of aliphatic hydroxyl groups is 1. The summed E-state index contributed by atoms with van der Waals surface area (Å²) in [5.74, 6) is -2.66. The minimum absolute atomic E-state index is 0.0993. The molecule has 3 aliphatic rings. The van der Waals surface area contributed by atoms with Crippen molar-refractivity contribution in [2.75, 3.05) is 24.6 Å². The lowest BCUT2D eigenvalue weighted by Crippen LogP contribution is -2.60. The number of hydrogen-bond acceptors (Lipinski definition) is 5. The Labute approximate surface area is 280 Å². The molecule has 3 saturated heterocycles. The average Bonchev–Trinajstić information content (AvgIpc) is 3.57. The molecule has 3 fully saturated rings. The van der Waals surface area contributed by atoms with Crippen molar-refractivity contribution in [1.29, 1.82) is 0 Å². The van der Waals surface area contributed by atoms with Crippen molar-refractivity contribution in [3.8, 4) is 0 Å². The maximum absolute atomic E-state index is 15.2. The van der Waals surface area contributed by atoms with Crippen molar-refractivity contribution < 1.29 is 24.2 Å². The second-order valence-corrected chi connectivity index (χ2v) is 14.1. The summed E-state index contributed by atoms with van der Waals surface area (Å²) in [7, 11) is 0. The number of carbonyl (C=O) groups is 3. The monoisotopic (exact) mass is 641 g/mol. The van der Waals surface area contributed by atoms with Crippen molar-refractivity contribution in [2.24, 2.45) is 23.7 Å². The van der Waals surface area contributed by atoms with Gasteiger partial charge in [0.05, 0.1) is 30.1 Å². The number of rotatable bonds is 13. The molecule has 8 nitrogen and oxygen atoms in total. The zero-order valence-corrected chi connectivity index (χ0v) is 28.8. The molecular weight excluding hydrogens is 590 g/mol. The minimum atomic E-state index is -1.24. The SMILES string of the molecule is C=CCN(Cc1ccccc1)C(=O)[C@H]1[C@H]2C(=O)N([C@@H](CO)[C@@H](C)CC)C(C(=O)N(CC=C)c3cc(C)ccc3C)C23CC(C)[C@]1(C)O3. The zero-order valence-electron chi connectivity index (χ0n) is 28.8. The molecule has 8 heteroatoms. The zero-order chi connectivity index (χ0) is 34.3. The summed E-state index contributed by atoms with van der Waals surface area (Å²) < 4.78 is 7.07. The molecular formula is C39H51N3O5. The van der Waals surface area contributed by atoms with Crippen molar-refractivity contribution in [3.63, 3.8) is 0 Å². The molecule has 8 atom stereocenters. The largest absolute Gasteiger partial charge is 0.394 e. The van der Waals surface area contributed by atoms with Gasteiger partial charge in [-0.25, -0.2) is 0 Å². The fraction of sp³-hybridized carbons (Fsp3) is 0.513. The van der Waals surface area contributed by atoms with Crippen molar-refractivity contribution in [2.45, 2.75) is 84.2 Å². The van der Waals surface area contributed by atoms with Crippen LogP contribution in [-0.2, 0) is 25.7 Å². The second-order valence-electron chi connectivity index (χ2n) is 14.1. The Morgan fingerprint density at radius 3 is 2.40 bits per heavy atom. The summed E-state index contributed by atoms with van der Waals surface area (Å²) in [6.07, 6.45) is 4.54. The predicted molar refractivity (Wildman–Crippen MR) is 184 cm³/mol. The quantitative estimate of drug-likeness (QED) is 0.294. The van der Waals surface area contributed by atoms with E-state index in [0.717, 1.165) is 22.4 Å². The average molecular weight is 642 g/mol. The summed E-state index contributed by atoms with van der Waals surface area (Å²) >= 11 is 0. The summed E-state index contributed by atoms with van der Waals surface area (Å²) in [5.41, 5.74) is 1.42. The van der Waals surface area contributed by atoms with Crippen LogP contribution in [0, 0.1) is 37.5 Å². The lowest BCUT2D eigenvalue weighted by Gasteiger charge is -2.41. The van der Waals surface area contributed by atoms with Crippen LogP contribution < -0.4 is 4.90 Å². The number of likely N-dealkylation sites (tertiary alicyclic amines) is 1. The number of anilines is 1. The maximum Gasteiger partial charge on any atom is 0.253 e. The number of benzene rings is 2. The number of aryl methyl sites for hydroxylation is 2. The van der Waals surface area contributed by atoms with Gasteiger partial charge in [0, 0.05) is 25.3 Å². The molecule has 3 unspecified atom stereocenters. The number of ether oxygens (including phenoxy) is 1. The third-order valence-electron chi connectivity index (χ3n) is 11.2. The number of carbonyl (C=O) groups excluding carboxylic acids is 3. The summed E-state index contributed by atoms with van der Waals surface area (Å²) in [5, 5.41) is 10.8. The molecule has 3 aliphatic heterocycles. The van der Waals surface area contributed by atoms with E-state index in [1.807, 2.05) is 83.1 Å². The van der Waals surface area contributed by atoms with Crippen LogP contribution in [0.15, 0.2) is 73.8 Å². The topological polar surface area (TPSA) is 90.4 Å². The third-order valence-corrected chi connectivity index (χ3v) is 11.2. The Morgan fingerprint density at radius 2 is 1.79 bits per heavy atom. The molecule has 1 N–H and O–H groups in total. The molecule has 252 valence electrons. The van der Waals surface area contributed by atoms with E-state index in [1.54, 1.807) is 26.9 Å². The first kappa shape index (κ1) is 34.6. The highest BCUT2D eigenvalue weighted by molar-refractivity contribution is 6.05. The first-order valence-electron chi connectivity index (χ1n) is 17.0. The molecule has 2 aromatic rings. The van der Waals surface area contributed by atoms with E-state index in [0.29, 0.717) is 25.9 Å². The van der Waals surface area contributed by atoms with E-state index >= 15 is 9.59 Å². The summed E-state index contributed by atoms with van der Waals surface area (Å²) in [6.45, 7) is 20.4. The number of fused-ring (bicyclic) bond motifs is 1. The Kier molecular flexibility index (Phi) is 9.86. The third kappa shape index (κ3) is 5.63. The lowest BCUT2D eigenvalue weighted by atomic mass is 9.62. The van der Waals surface area contributed by atoms with Crippen LogP contribution in [-0.4, -0.2) is 75.6 Å². The first-order chi connectivity index (χ1) is 22.4.